The third kappa shape index (κ3) is 11.8. The Morgan fingerprint density at radius 3 is 1.85 bits per heavy atom. The highest BCUT2D eigenvalue weighted by molar-refractivity contribution is 14.1. The van der Waals surface area contributed by atoms with Crippen molar-refractivity contribution in [3.05, 3.63) is 43.7 Å². The van der Waals surface area contributed by atoms with Crippen molar-refractivity contribution < 1.29 is 38.6 Å². The van der Waals surface area contributed by atoms with Gasteiger partial charge in [-0.1, -0.05) is 6.92 Å². The predicted molar refractivity (Wildman–Crippen MR) is 258 cm³/mol. The molecule has 2 aromatic rings. The van der Waals surface area contributed by atoms with Crippen LogP contribution in [0.5, 0.6) is 0 Å². The van der Waals surface area contributed by atoms with E-state index in [-0.39, 0.29) is 60.7 Å². The van der Waals surface area contributed by atoms with Gasteiger partial charge in [0, 0.05) is 47.3 Å². The van der Waals surface area contributed by atoms with Crippen LogP contribution in [0.4, 0.5) is 11.4 Å². The largest absolute Gasteiger partial charge is 0.484 e. The lowest BCUT2D eigenvalue weighted by atomic mass is 9.98. The van der Waals surface area contributed by atoms with E-state index in [1.807, 2.05) is 136 Å². The molecule has 0 radical (unpaired) electrons. The number of nitrogens with zero attached hydrogens (tertiary/aromatic N) is 2. The van der Waals surface area contributed by atoms with Gasteiger partial charge in [-0.2, -0.15) is 0 Å². The molecule has 1 unspecified atom stereocenters. The number of rotatable bonds is 13. The first-order chi connectivity index (χ1) is 25.9. The lowest BCUT2D eigenvalue weighted by Crippen LogP contribution is -2.54. The van der Waals surface area contributed by atoms with Gasteiger partial charge in [0.1, 0.15) is 6.04 Å². The van der Waals surface area contributed by atoms with Gasteiger partial charge < -0.3 is 47.1 Å². The molecule has 8 N–H and O–H groups in total. The number of carbonyl (C=O) groups is 6. The molecule has 1 aliphatic rings. The Kier molecular flexibility index (Phi) is 19.7. The molecular weight excluding hydrogens is 1400 g/mol. The van der Waals surface area contributed by atoms with E-state index in [2.05, 4.69) is 38.5 Å². The average molecular weight is 1440 g/mol. The SMILES string of the molecule is CNC(=O)c1c(I)c(N=C(C)OC)c(I)c(C(=O)NCC(=O)Nc2c(I)c(C(=O)NCCO)c(I)c(C(=O)NC(CN)C(=O)N3CCC(C)CC3)c2I)c1I. The minimum absolute atomic E-state index is 0.0257. The Labute approximate surface area is 399 Å². The first-order valence-electron chi connectivity index (χ1n) is 16.4. The first-order valence-corrected chi connectivity index (χ1v) is 22.9. The normalized spacial score (nSPS) is 13.8. The molecule has 6 amide bonds. The van der Waals surface area contributed by atoms with E-state index < -0.39 is 42.1 Å². The fraction of sp³-hybridized carbons (Fsp3) is 0.424. The second-order valence-electron chi connectivity index (χ2n) is 12.0. The minimum atomic E-state index is -1.04. The highest BCUT2D eigenvalue weighted by atomic mass is 127. The lowest BCUT2D eigenvalue weighted by molar-refractivity contribution is -0.134. The Morgan fingerprint density at radius 1 is 0.836 bits per heavy atom. The number of amides is 6. The predicted octanol–water partition coefficient (Wildman–Crippen LogP) is 3.78. The second kappa shape index (κ2) is 22.4. The van der Waals surface area contributed by atoms with Gasteiger partial charge in [-0.15, -0.1) is 0 Å². The number of ether oxygens (including phenoxy) is 1. The second-order valence-corrected chi connectivity index (χ2v) is 18.5. The number of piperidine rings is 1. The number of nitrogens with one attached hydrogen (secondary N) is 5. The van der Waals surface area contributed by atoms with Crippen molar-refractivity contribution in [3.8, 4) is 0 Å². The van der Waals surface area contributed by atoms with E-state index in [9.17, 15) is 33.9 Å². The van der Waals surface area contributed by atoms with Crippen LogP contribution in [0.2, 0.25) is 0 Å². The van der Waals surface area contributed by atoms with Crippen LogP contribution >= 0.6 is 136 Å². The van der Waals surface area contributed by atoms with Gasteiger partial charge in [-0.05, 0) is 154 Å². The third-order valence-electron chi connectivity index (χ3n) is 8.32. The maximum Gasteiger partial charge on any atom is 0.254 e. The molecule has 1 atom stereocenters. The van der Waals surface area contributed by atoms with E-state index in [4.69, 9.17) is 10.5 Å². The molecule has 0 spiro atoms. The Hall–Kier alpha value is -0.970. The number of likely N-dealkylation sites (tertiary alicyclic amines) is 1. The number of aliphatic hydroxyl groups is 1. The zero-order valence-electron chi connectivity index (χ0n) is 29.9. The summed E-state index contributed by atoms with van der Waals surface area (Å²) in [4.78, 5) is 87.1. The molecule has 1 aliphatic heterocycles. The Bertz CT molecular complexity index is 1910. The molecular formula is C33H38I6N8O8. The van der Waals surface area contributed by atoms with Gasteiger partial charge in [0.2, 0.25) is 11.8 Å². The monoisotopic (exact) mass is 1440 g/mol. The van der Waals surface area contributed by atoms with Crippen LogP contribution in [0.25, 0.3) is 0 Å². The van der Waals surface area contributed by atoms with E-state index in [1.165, 1.54) is 14.2 Å². The van der Waals surface area contributed by atoms with Crippen LogP contribution in [0.3, 0.4) is 0 Å². The number of aliphatic imine (C=N–C) groups is 1. The fourth-order valence-corrected chi connectivity index (χ4v) is 14.0. The Morgan fingerprint density at radius 2 is 1.35 bits per heavy atom. The van der Waals surface area contributed by atoms with Crippen LogP contribution < -0.4 is 32.3 Å². The van der Waals surface area contributed by atoms with E-state index in [0.29, 0.717) is 44.9 Å². The van der Waals surface area contributed by atoms with Crippen LogP contribution in [-0.4, -0.2) is 111 Å². The lowest BCUT2D eigenvalue weighted by Gasteiger charge is -2.33. The molecule has 3 rings (SSSR count). The molecule has 22 heteroatoms. The zero-order chi connectivity index (χ0) is 41.3. The highest BCUT2D eigenvalue weighted by Crippen LogP contribution is 2.38. The smallest absolute Gasteiger partial charge is 0.254 e. The summed E-state index contributed by atoms with van der Waals surface area (Å²) in [6.45, 7) is 3.74. The summed E-state index contributed by atoms with van der Waals surface area (Å²) in [5.74, 6) is -2.61. The number of hydrogen-bond donors (Lipinski definition) is 7. The molecule has 55 heavy (non-hydrogen) atoms. The molecule has 16 nitrogen and oxygen atoms in total. The van der Waals surface area contributed by atoms with Gasteiger partial charge in [0.15, 0.2) is 5.90 Å². The van der Waals surface area contributed by atoms with Gasteiger partial charge >= 0.3 is 0 Å². The fourth-order valence-electron chi connectivity index (χ4n) is 5.24. The van der Waals surface area contributed by atoms with Gasteiger partial charge in [0.25, 0.3) is 23.6 Å². The molecule has 1 heterocycles. The van der Waals surface area contributed by atoms with E-state index in [0.717, 1.165) is 12.8 Å². The zero-order valence-corrected chi connectivity index (χ0v) is 42.8. The van der Waals surface area contributed by atoms with Crippen molar-refractivity contribution in [1.82, 2.24) is 26.2 Å². The standard InChI is InChI=1S/C33H38I6N8O8/c1-13-5-8-47(9-6-13)33(54)15(11-40)45-32(53)20-22(35)18(30(51)42-7-10-48)25(38)28(26(20)39)46-16(49)12-43-31(52)19-21(34)17(29(50)41-3)23(36)27(24(19)37)44-14(2)55-4/h13,15,48H,5-12,40H2,1-4H3,(H,41,50)(H,42,51)(H,43,52)(H,45,53)(H,46,49). The van der Waals surface area contributed by atoms with E-state index >= 15 is 0 Å². The molecule has 2 aromatic carbocycles. The number of anilines is 1. The molecule has 300 valence electrons. The number of nitrogens with two attached hydrogens (primary N) is 1. The van der Waals surface area contributed by atoms with Crippen LogP contribution in [0.1, 0.15) is 68.1 Å². The van der Waals surface area contributed by atoms with Crippen molar-refractivity contribution in [1.29, 1.82) is 0 Å². The van der Waals surface area contributed by atoms with Gasteiger partial charge in [-0.25, -0.2) is 4.99 Å². The average Bonchev–Trinajstić information content (AvgIpc) is 3.15. The van der Waals surface area contributed by atoms with Crippen LogP contribution in [0.15, 0.2) is 4.99 Å². The summed E-state index contributed by atoms with van der Waals surface area (Å²) >= 11 is 11.5. The molecule has 0 aromatic heterocycles. The maximum atomic E-state index is 14.0. The summed E-state index contributed by atoms with van der Waals surface area (Å²) in [6.07, 6.45) is 1.67. The number of methoxy groups -OCH3 is 1. The maximum absolute atomic E-state index is 14.0. The number of aliphatic hydroxyl groups excluding tert-OH is 1. The van der Waals surface area contributed by atoms with Crippen molar-refractivity contribution in [2.75, 3.05) is 58.8 Å². The van der Waals surface area contributed by atoms with E-state index in [1.54, 1.807) is 11.8 Å². The highest BCUT2D eigenvalue weighted by Gasteiger charge is 2.33. The number of hydrogen-bond acceptors (Lipinski definition) is 10. The minimum Gasteiger partial charge on any atom is -0.484 e. The van der Waals surface area contributed by atoms with Gasteiger partial charge in [-0.3, -0.25) is 28.8 Å². The molecule has 0 saturated carbocycles. The number of benzene rings is 2. The first kappa shape index (κ1) is 48.4. The molecule has 0 bridgehead atoms. The van der Waals surface area contributed by atoms with Crippen LogP contribution in [-0.2, 0) is 14.3 Å². The molecule has 1 saturated heterocycles. The summed E-state index contributed by atoms with van der Waals surface area (Å²) in [5.41, 5.74) is 6.88. The molecule has 0 aliphatic carbocycles. The summed E-state index contributed by atoms with van der Waals surface area (Å²) in [7, 11) is 2.91. The topological polar surface area (TPSA) is 234 Å². The Balaban J connectivity index is 2.00. The number of halogens is 6. The summed E-state index contributed by atoms with van der Waals surface area (Å²) < 4.78 is 7.29. The van der Waals surface area contributed by atoms with Crippen molar-refractivity contribution in [2.45, 2.75) is 32.7 Å². The van der Waals surface area contributed by atoms with Crippen molar-refractivity contribution >= 4 is 188 Å². The van der Waals surface area contributed by atoms with Crippen molar-refractivity contribution in [2.24, 2.45) is 16.6 Å². The number of carbonyl (C=O) groups excluding carboxylic acids is 6. The van der Waals surface area contributed by atoms with Gasteiger partial charge in [0.05, 0.1) is 68.2 Å². The summed E-state index contributed by atoms with van der Waals surface area (Å²) in [6, 6.07) is -1.04. The van der Waals surface area contributed by atoms with Crippen molar-refractivity contribution in [3.63, 3.8) is 0 Å². The summed E-state index contributed by atoms with van der Waals surface area (Å²) in [5, 5.41) is 22.6. The molecule has 1 fully saturated rings. The third-order valence-corrected chi connectivity index (χ3v) is 14.7. The van der Waals surface area contributed by atoms with Crippen LogP contribution in [0, 0.1) is 27.3 Å². The quantitative estimate of drug-likeness (QED) is 0.0878.